The molecule has 0 aromatic heterocycles. The van der Waals surface area contributed by atoms with Crippen LogP contribution >= 0.6 is 0 Å². The maximum absolute atomic E-state index is 5.92. The molecule has 1 aromatic carbocycles. The van der Waals surface area contributed by atoms with Crippen LogP contribution < -0.4 is 10.1 Å². The van der Waals surface area contributed by atoms with Gasteiger partial charge in [0.2, 0.25) is 0 Å². The Labute approximate surface area is 122 Å². The van der Waals surface area contributed by atoms with E-state index in [-0.39, 0.29) is 6.04 Å². The van der Waals surface area contributed by atoms with Crippen molar-refractivity contribution in [3.63, 3.8) is 0 Å². The maximum Gasteiger partial charge on any atom is 0.124 e. The molecule has 0 saturated carbocycles. The minimum absolute atomic E-state index is 0.280. The second-order valence-corrected chi connectivity index (χ2v) is 6.01. The van der Waals surface area contributed by atoms with Crippen LogP contribution in [0.25, 0.3) is 0 Å². The third-order valence-corrected chi connectivity index (χ3v) is 3.63. The molecule has 20 heavy (non-hydrogen) atoms. The summed E-state index contributed by atoms with van der Waals surface area (Å²) >= 11 is 0. The highest BCUT2D eigenvalue weighted by Gasteiger charge is 2.17. The lowest BCUT2D eigenvalue weighted by Crippen LogP contribution is -2.29. The molecule has 3 nitrogen and oxygen atoms in total. The molecular weight excluding hydrogens is 250 g/mol. The van der Waals surface area contributed by atoms with E-state index in [4.69, 9.17) is 9.47 Å². The van der Waals surface area contributed by atoms with Crippen LogP contribution in [0.3, 0.4) is 0 Å². The average Bonchev–Trinajstić information content (AvgIpc) is 2.96. The molecule has 0 amide bonds. The predicted molar refractivity (Wildman–Crippen MR) is 82.2 cm³/mol. The summed E-state index contributed by atoms with van der Waals surface area (Å²) in [5, 5.41) is 3.56. The Morgan fingerprint density at radius 3 is 2.80 bits per heavy atom. The zero-order valence-corrected chi connectivity index (χ0v) is 12.9. The number of rotatable bonds is 7. The van der Waals surface area contributed by atoms with Crippen LogP contribution in [0.2, 0.25) is 0 Å². The monoisotopic (exact) mass is 277 g/mol. The van der Waals surface area contributed by atoms with E-state index in [1.54, 1.807) is 0 Å². The van der Waals surface area contributed by atoms with Crippen molar-refractivity contribution in [2.24, 2.45) is 5.92 Å². The second kappa shape index (κ2) is 7.65. The number of benzene rings is 1. The Morgan fingerprint density at radius 2 is 2.10 bits per heavy atom. The number of hydrogen-bond donors (Lipinski definition) is 1. The second-order valence-electron chi connectivity index (χ2n) is 6.01. The van der Waals surface area contributed by atoms with E-state index in [0.29, 0.717) is 12.0 Å². The summed E-state index contributed by atoms with van der Waals surface area (Å²) in [7, 11) is 0. The summed E-state index contributed by atoms with van der Waals surface area (Å²) in [5.74, 6) is 1.53. The summed E-state index contributed by atoms with van der Waals surface area (Å²) in [4.78, 5) is 0. The standard InChI is InChI=1S/C17H27NO2/c1-13(2)12-20-17-9-5-4-8-16(17)14(3)18-11-15-7-6-10-19-15/h4-5,8-9,13-15,18H,6-7,10-12H2,1-3H3/t14-,15-/m1/s1. The maximum atomic E-state index is 5.92. The first-order valence-electron chi connectivity index (χ1n) is 7.73. The molecule has 2 rings (SSSR count). The van der Waals surface area contributed by atoms with Gasteiger partial charge in [-0.25, -0.2) is 0 Å². The van der Waals surface area contributed by atoms with E-state index in [1.807, 2.05) is 6.07 Å². The van der Waals surface area contributed by atoms with Crippen molar-refractivity contribution in [3.05, 3.63) is 29.8 Å². The molecule has 0 bridgehead atoms. The van der Waals surface area contributed by atoms with Crippen molar-refractivity contribution in [1.29, 1.82) is 0 Å². The van der Waals surface area contributed by atoms with Gasteiger partial charge in [0.15, 0.2) is 0 Å². The van der Waals surface area contributed by atoms with Gasteiger partial charge in [0.05, 0.1) is 12.7 Å². The van der Waals surface area contributed by atoms with Crippen molar-refractivity contribution in [2.75, 3.05) is 19.8 Å². The van der Waals surface area contributed by atoms with Crippen LogP contribution in [0.5, 0.6) is 5.75 Å². The van der Waals surface area contributed by atoms with Gasteiger partial charge in [-0.05, 0) is 31.7 Å². The van der Waals surface area contributed by atoms with Gasteiger partial charge in [-0.15, -0.1) is 0 Å². The van der Waals surface area contributed by atoms with E-state index in [2.05, 4.69) is 44.3 Å². The highest BCUT2D eigenvalue weighted by atomic mass is 16.5. The molecule has 1 aromatic rings. The van der Waals surface area contributed by atoms with E-state index < -0.39 is 0 Å². The summed E-state index contributed by atoms with van der Waals surface area (Å²) in [6.07, 6.45) is 2.74. The van der Waals surface area contributed by atoms with Crippen molar-refractivity contribution in [1.82, 2.24) is 5.32 Å². The topological polar surface area (TPSA) is 30.5 Å². The van der Waals surface area contributed by atoms with Gasteiger partial charge >= 0.3 is 0 Å². The van der Waals surface area contributed by atoms with Gasteiger partial charge in [0.1, 0.15) is 5.75 Å². The third kappa shape index (κ3) is 4.50. The minimum Gasteiger partial charge on any atom is -0.493 e. The fourth-order valence-corrected chi connectivity index (χ4v) is 2.45. The number of hydrogen-bond acceptors (Lipinski definition) is 3. The summed E-state index contributed by atoms with van der Waals surface area (Å²) in [5.41, 5.74) is 1.23. The Kier molecular flexibility index (Phi) is 5.86. The van der Waals surface area contributed by atoms with Crippen LogP contribution in [0.1, 0.15) is 45.2 Å². The lowest BCUT2D eigenvalue weighted by Gasteiger charge is -2.20. The first kappa shape index (κ1) is 15.3. The molecular formula is C17H27NO2. The van der Waals surface area contributed by atoms with Crippen molar-refractivity contribution >= 4 is 0 Å². The lowest BCUT2D eigenvalue weighted by molar-refractivity contribution is 0.108. The zero-order chi connectivity index (χ0) is 14.4. The van der Waals surface area contributed by atoms with Crippen LogP contribution in [0, 0.1) is 5.92 Å². The summed E-state index contributed by atoms with van der Waals surface area (Å²) in [6.45, 7) is 9.11. The van der Waals surface area contributed by atoms with Crippen molar-refractivity contribution in [2.45, 2.75) is 45.8 Å². The van der Waals surface area contributed by atoms with Crippen molar-refractivity contribution < 1.29 is 9.47 Å². The molecule has 112 valence electrons. The molecule has 3 heteroatoms. The van der Waals surface area contributed by atoms with Crippen LogP contribution in [0.4, 0.5) is 0 Å². The van der Waals surface area contributed by atoms with E-state index in [1.165, 1.54) is 18.4 Å². The smallest absolute Gasteiger partial charge is 0.124 e. The van der Waals surface area contributed by atoms with Gasteiger partial charge in [-0.2, -0.15) is 0 Å². The molecule has 1 aliphatic heterocycles. The van der Waals surface area contributed by atoms with Crippen LogP contribution in [-0.4, -0.2) is 25.9 Å². The molecule has 1 N–H and O–H groups in total. The Bertz CT molecular complexity index is 400. The molecule has 0 aliphatic carbocycles. The highest BCUT2D eigenvalue weighted by molar-refractivity contribution is 5.35. The highest BCUT2D eigenvalue weighted by Crippen LogP contribution is 2.25. The number of nitrogens with one attached hydrogen (secondary N) is 1. The van der Waals surface area contributed by atoms with E-state index >= 15 is 0 Å². The van der Waals surface area contributed by atoms with E-state index in [9.17, 15) is 0 Å². The molecule has 1 fully saturated rings. The first-order valence-corrected chi connectivity index (χ1v) is 7.73. The molecule has 1 aliphatic rings. The van der Waals surface area contributed by atoms with Crippen molar-refractivity contribution in [3.8, 4) is 5.75 Å². The average molecular weight is 277 g/mol. The fraction of sp³-hybridized carbons (Fsp3) is 0.647. The molecule has 0 unspecified atom stereocenters. The summed E-state index contributed by atoms with van der Waals surface area (Å²) < 4.78 is 11.6. The van der Waals surface area contributed by atoms with Gasteiger partial charge in [-0.1, -0.05) is 32.0 Å². The van der Waals surface area contributed by atoms with Crippen LogP contribution in [-0.2, 0) is 4.74 Å². The molecule has 2 atom stereocenters. The fourth-order valence-electron chi connectivity index (χ4n) is 2.45. The normalized spacial score (nSPS) is 20.3. The predicted octanol–water partition coefficient (Wildman–Crippen LogP) is 3.55. The third-order valence-electron chi connectivity index (χ3n) is 3.63. The van der Waals surface area contributed by atoms with Gasteiger partial charge < -0.3 is 14.8 Å². The lowest BCUT2D eigenvalue weighted by atomic mass is 10.1. The largest absolute Gasteiger partial charge is 0.493 e. The molecule has 0 radical (unpaired) electrons. The minimum atomic E-state index is 0.280. The number of ether oxygens (including phenoxy) is 2. The van der Waals surface area contributed by atoms with Crippen LogP contribution in [0.15, 0.2) is 24.3 Å². The molecule has 0 spiro atoms. The Balaban J connectivity index is 1.91. The zero-order valence-electron chi connectivity index (χ0n) is 12.9. The molecule has 1 saturated heterocycles. The quantitative estimate of drug-likeness (QED) is 0.826. The van der Waals surface area contributed by atoms with E-state index in [0.717, 1.165) is 25.5 Å². The Morgan fingerprint density at radius 1 is 1.30 bits per heavy atom. The number of para-hydroxylation sites is 1. The van der Waals surface area contributed by atoms with Gasteiger partial charge in [0.25, 0.3) is 0 Å². The SMILES string of the molecule is CC(C)COc1ccccc1[C@@H](C)NC[C@H]1CCCO1. The summed E-state index contributed by atoms with van der Waals surface area (Å²) in [6, 6.07) is 8.58. The van der Waals surface area contributed by atoms with Gasteiger partial charge in [-0.3, -0.25) is 0 Å². The van der Waals surface area contributed by atoms with Gasteiger partial charge in [0, 0.05) is 24.8 Å². The molecule has 1 heterocycles. The Hall–Kier alpha value is -1.06. The first-order chi connectivity index (χ1) is 9.66.